The molecule has 1 aromatic heterocycles. The van der Waals surface area contributed by atoms with Gasteiger partial charge in [-0.25, -0.2) is 4.98 Å². The zero-order chi connectivity index (χ0) is 9.52. The van der Waals surface area contributed by atoms with Crippen molar-refractivity contribution < 1.29 is 4.74 Å². The number of aryl methyl sites for hydroxylation is 1. The van der Waals surface area contributed by atoms with Gasteiger partial charge in [0.15, 0.2) is 0 Å². The number of aromatic nitrogens is 3. The number of aromatic amines is 1. The molecule has 70 valence electrons. The minimum absolute atomic E-state index is 0.480. The summed E-state index contributed by atoms with van der Waals surface area (Å²) in [4.78, 5) is 4.13. The van der Waals surface area contributed by atoms with Crippen LogP contribution in [-0.2, 0) is 4.74 Å². The average Bonchev–Trinajstić information content (AvgIpc) is 2.51. The van der Waals surface area contributed by atoms with E-state index < -0.39 is 0 Å². The normalized spacial score (nSPS) is 9.38. The van der Waals surface area contributed by atoms with E-state index in [0.717, 1.165) is 11.0 Å². The van der Waals surface area contributed by atoms with Gasteiger partial charge in [-0.15, -0.1) is 5.10 Å². The van der Waals surface area contributed by atoms with Crippen LogP contribution in [0.4, 0.5) is 0 Å². The van der Waals surface area contributed by atoms with Crippen LogP contribution in [-0.4, -0.2) is 34.7 Å². The Hall–Kier alpha value is -0.990. The number of methoxy groups -OCH3 is 1. The van der Waals surface area contributed by atoms with Crippen LogP contribution in [0, 0.1) is 18.8 Å². The number of H-pyrrole nitrogens is 1. The summed E-state index contributed by atoms with van der Waals surface area (Å²) < 4.78 is 4.78. The van der Waals surface area contributed by atoms with Gasteiger partial charge in [0.25, 0.3) is 0 Å². The van der Waals surface area contributed by atoms with E-state index in [-0.39, 0.29) is 0 Å². The van der Waals surface area contributed by atoms with Crippen LogP contribution in [0.5, 0.6) is 0 Å². The monoisotopic (exact) mass is 197 g/mol. The Labute approximate surface area is 81.5 Å². The van der Waals surface area contributed by atoms with E-state index in [1.165, 1.54) is 11.8 Å². The third-order valence-corrected chi connectivity index (χ3v) is 1.92. The van der Waals surface area contributed by atoms with Crippen molar-refractivity contribution in [1.29, 1.82) is 0 Å². The fourth-order valence-electron chi connectivity index (χ4n) is 0.662. The molecule has 0 unspecified atom stereocenters. The van der Waals surface area contributed by atoms with Gasteiger partial charge in [0.2, 0.25) is 5.16 Å². The summed E-state index contributed by atoms with van der Waals surface area (Å²) in [5.74, 6) is 7.31. The first-order valence-electron chi connectivity index (χ1n) is 3.79. The number of hydrogen-bond donors (Lipinski definition) is 1. The highest BCUT2D eigenvalue weighted by Gasteiger charge is 1.97. The maximum atomic E-state index is 4.78. The van der Waals surface area contributed by atoms with Crippen LogP contribution in [0.3, 0.4) is 0 Å². The molecule has 0 aromatic carbocycles. The van der Waals surface area contributed by atoms with Gasteiger partial charge in [0.05, 0.1) is 5.75 Å². The fourth-order valence-corrected chi connectivity index (χ4v) is 1.28. The zero-order valence-corrected chi connectivity index (χ0v) is 8.44. The summed E-state index contributed by atoms with van der Waals surface area (Å²) in [6.07, 6.45) is 0. The number of rotatable bonds is 3. The Balaban J connectivity index is 2.24. The maximum Gasteiger partial charge on any atom is 0.209 e. The molecule has 0 spiro atoms. The summed E-state index contributed by atoms with van der Waals surface area (Å²) >= 11 is 1.51. The van der Waals surface area contributed by atoms with Gasteiger partial charge in [-0.05, 0) is 6.92 Å². The van der Waals surface area contributed by atoms with E-state index in [1.807, 2.05) is 6.92 Å². The van der Waals surface area contributed by atoms with Crippen LogP contribution in [0.15, 0.2) is 5.16 Å². The molecule has 13 heavy (non-hydrogen) atoms. The van der Waals surface area contributed by atoms with Gasteiger partial charge in [0.1, 0.15) is 12.4 Å². The highest BCUT2D eigenvalue weighted by Crippen LogP contribution is 2.10. The Kier molecular flexibility index (Phi) is 4.36. The molecule has 0 aliphatic rings. The largest absolute Gasteiger partial charge is 0.372 e. The van der Waals surface area contributed by atoms with Crippen molar-refractivity contribution in [3.63, 3.8) is 0 Å². The summed E-state index contributed by atoms with van der Waals surface area (Å²) in [7, 11) is 1.63. The van der Waals surface area contributed by atoms with Crippen molar-refractivity contribution in [2.75, 3.05) is 19.5 Å². The van der Waals surface area contributed by atoms with Gasteiger partial charge < -0.3 is 4.74 Å². The lowest BCUT2D eigenvalue weighted by molar-refractivity contribution is 0.240. The average molecular weight is 197 g/mol. The predicted molar refractivity (Wildman–Crippen MR) is 51.5 cm³/mol. The highest BCUT2D eigenvalue weighted by molar-refractivity contribution is 7.99. The topological polar surface area (TPSA) is 50.8 Å². The van der Waals surface area contributed by atoms with Gasteiger partial charge in [-0.1, -0.05) is 23.6 Å². The summed E-state index contributed by atoms with van der Waals surface area (Å²) in [6, 6.07) is 0. The number of nitrogens with one attached hydrogen (secondary N) is 1. The smallest absolute Gasteiger partial charge is 0.209 e. The molecule has 4 nitrogen and oxygen atoms in total. The van der Waals surface area contributed by atoms with E-state index in [9.17, 15) is 0 Å². The number of nitrogens with zero attached hydrogens (tertiary/aromatic N) is 2. The van der Waals surface area contributed by atoms with Crippen molar-refractivity contribution in [2.45, 2.75) is 12.1 Å². The number of thioether (sulfide) groups is 1. The molecular weight excluding hydrogens is 186 g/mol. The third-order valence-electron chi connectivity index (χ3n) is 1.19. The highest BCUT2D eigenvalue weighted by atomic mass is 32.2. The molecule has 1 aromatic rings. The molecule has 0 aliphatic carbocycles. The van der Waals surface area contributed by atoms with Crippen LogP contribution >= 0.6 is 11.8 Å². The molecule has 1 rings (SSSR count). The Morgan fingerprint density at radius 3 is 3.00 bits per heavy atom. The molecule has 0 saturated carbocycles. The fraction of sp³-hybridized carbons (Fsp3) is 0.500. The van der Waals surface area contributed by atoms with Crippen LogP contribution < -0.4 is 0 Å². The number of hydrogen-bond acceptors (Lipinski definition) is 4. The van der Waals surface area contributed by atoms with Crippen molar-refractivity contribution in [2.24, 2.45) is 0 Å². The van der Waals surface area contributed by atoms with E-state index in [1.54, 1.807) is 7.11 Å². The quantitative estimate of drug-likeness (QED) is 0.576. The van der Waals surface area contributed by atoms with Gasteiger partial charge in [-0.2, -0.15) is 0 Å². The van der Waals surface area contributed by atoms with E-state index in [4.69, 9.17) is 4.74 Å². The zero-order valence-electron chi connectivity index (χ0n) is 7.63. The van der Waals surface area contributed by atoms with Crippen LogP contribution in [0.1, 0.15) is 5.82 Å². The van der Waals surface area contributed by atoms with Gasteiger partial charge >= 0.3 is 0 Å². The van der Waals surface area contributed by atoms with E-state index in [2.05, 4.69) is 27.0 Å². The van der Waals surface area contributed by atoms with Crippen LogP contribution in [0.25, 0.3) is 0 Å². The molecule has 0 amide bonds. The SMILES string of the molecule is COCC#CCSc1n[nH]c(C)n1. The molecular formula is C8H11N3OS. The van der Waals surface area contributed by atoms with Crippen molar-refractivity contribution in [1.82, 2.24) is 15.2 Å². The predicted octanol–water partition coefficient (Wildman–Crippen LogP) is 0.855. The second-order valence-electron chi connectivity index (χ2n) is 2.28. The van der Waals surface area contributed by atoms with E-state index >= 15 is 0 Å². The lowest BCUT2D eigenvalue weighted by Crippen LogP contribution is -1.82. The summed E-state index contributed by atoms with van der Waals surface area (Å²) in [5.41, 5.74) is 0. The third kappa shape index (κ3) is 3.97. The lowest BCUT2D eigenvalue weighted by Gasteiger charge is -1.85. The first-order chi connectivity index (χ1) is 6.33. The molecule has 5 heteroatoms. The molecule has 0 aliphatic heterocycles. The minimum atomic E-state index is 0.480. The number of ether oxygens (including phenoxy) is 1. The van der Waals surface area contributed by atoms with Gasteiger partial charge in [0, 0.05) is 7.11 Å². The van der Waals surface area contributed by atoms with Crippen molar-refractivity contribution in [3.05, 3.63) is 5.82 Å². The molecule has 0 atom stereocenters. The minimum Gasteiger partial charge on any atom is -0.372 e. The lowest BCUT2D eigenvalue weighted by atomic mass is 10.6. The molecule has 1 N–H and O–H groups in total. The summed E-state index contributed by atoms with van der Waals surface area (Å²) in [6.45, 7) is 2.35. The standard InChI is InChI=1S/C8H11N3OS/c1-7-9-8(11-10-7)13-6-4-3-5-12-2/h5-6H2,1-2H3,(H,9,10,11). The maximum absolute atomic E-state index is 4.78. The molecule has 0 saturated heterocycles. The Morgan fingerprint density at radius 1 is 1.54 bits per heavy atom. The van der Waals surface area contributed by atoms with Crippen LogP contribution in [0.2, 0.25) is 0 Å². The van der Waals surface area contributed by atoms with E-state index in [0.29, 0.717) is 12.4 Å². The summed E-state index contributed by atoms with van der Waals surface area (Å²) in [5, 5.41) is 7.47. The first-order valence-corrected chi connectivity index (χ1v) is 4.78. The first kappa shape index (κ1) is 10.1. The Morgan fingerprint density at radius 2 is 2.38 bits per heavy atom. The molecule has 0 radical (unpaired) electrons. The molecule has 0 bridgehead atoms. The molecule has 0 fully saturated rings. The second-order valence-corrected chi connectivity index (χ2v) is 3.22. The second kappa shape index (κ2) is 5.62. The Bertz CT molecular complexity index is 313. The van der Waals surface area contributed by atoms with Crippen molar-refractivity contribution in [3.8, 4) is 11.8 Å². The van der Waals surface area contributed by atoms with Crippen molar-refractivity contribution >= 4 is 11.8 Å². The van der Waals surface area contributed by atoms with Gasteiger partial charge in [-0.3, -0.25) is 5.10 Å². The molecule has 1 heterocycles.